The van der Waals surface area contributed by atoms with Crippen LogP contribution in [0.15, 0.2) is 48.5 Å². The van der Waals surface area contributed by atoms with Crippen molar-refractivity contribution < 1.29 is 17.9 Å². The van der Waals surface area contributed by atoms with Crippen LogP contribution in [0.4, 0.5) is 13.2 Å². The molecule has 0 aromatic heterocycles. The van der Waals surface area contributed by atoms with Gasteiger partial charge >= 0.3 is 6.18 Å². The topological polar surface area (TPSA) is 12.5 Å². The zero-order valence-corrected chi connectivity index (χ0v) is 18.2. The van der Waals surface area contributed by atoms with Crippen molar-refractivity contribution in [2.24, 2.45) is 17.8 Å². The molecular weight excluding hydrogens is 399 g/mol. The van der Waals surface area contributed by atoms with Crippen molar-refractivity contribution in [3.8, 4) is 11.5 Å². The largest absolute Gasteiger partial charge is 0.457 e. The average Bonchev–Trinajstić information content (AvgIpc) is 2.67. The molecule has 2 aromatic rings. The van der Waals surface area contributed by atoms with E-state index in [4.69, 9.17) is 4.74 Å². The van der Waals surface area contributed by atoms with E-state index in [0.717, 1.165) is 23.5 Å². The first-order valence-corrected chi connectivity index (χ1v) is 11.3. The van der Waals surface area contributed by atoms with Gasteiger partial charge < -0.3 is 4.74 Å². The van der Waals surface area contributed by atoms with E-state index in [2.05, 4.69) is 12.1 Å². The fourth-order valence-electron chi connectivity index (χ4n) is 6.97. The molecule has 4 aliphatic carbocycles. The second kappa shape index (κ2) is 7.54. The Bertz CT molecular complexity index is 882. The van der Waals surface area contributed by atoms with Crippen LogP contribution in [0.2, 0.25) is 0 Å². The molecule has 31 heavy (non-hydrogen) atoms. The molecule has 5 heteroatoms. The van der Waals surface area contributed by atoms with E-state index in [9.17, 15) is 13.2 Å². The van der Waals surface area contributed by atoms with E-state index in [0.29, 0.717) is 11.2 Å². The SMILES string of the molecule is CN(C)[C@@H](c1ccc(Oc2ccc(C34CC5CC(CC(C5)C3)C4)cc2)cc1)C(F)(F)F. The Labute approximate surface area is 182 Å². The summed E-state index contributed by atoms with van der Waals surface area (Å²) in [5.74, 6) is 3.99. The van der Waals surface area contributed by atoms with Gasteiger partial charge in [0.1, 0.15) is 17.5 Å². The highest BCUT2D eigenvalue weighted by Crippen LogP contribution is 2.60. The van der Waals surface area contributed by atoms with Gasteiger partial charge in [0.2, 0.25) is 0 Å². The molecule has 0 N–H and O–H groups in total. The molecule has 4 fully saturated rings. The summed E-state index contributed by atoms with van der Waals surface area (Å²) >= 11 is 0. The first kappa shape index (κ1) is 20.9. The second-order valence-electron chi connectivity index (χ2n) is 10.3. The van der Waals surface area contributed by atoms with E-state index >= 15 is 0 Å². The lowest BCUT2D eigenvalue weighted by molar-refractivity contribution is -0.179. The smallest absolute Gasteiger partial charge is 0.408 e. The van der Waals surface area contributed by atoms with E-state index in [1.54, 1.807) is 12.1 Å². The Kier molecular flexibility index (Phi) is 5.08. The van der Waals surface area contributed by atoms with Crippen molar-refractivity contribution in [3.05, 3.63) is 59.7 Å². The molecule has 0 amide bonds. The molecule has 1 atom stereocenters. The summed E-state index contributed by atoms with van der Waals surface area (Å²) in [5.41, 5.74) is 2.00. The van der Waals surface area contributed by atoms with Gasteiger partial charge in [-0.3, -0.25) is 4.90 Å². The van der Waals surface area contributed by atoms with Crippen molar-refractivity contribution in [2.45, 2.75) is 56.2 Å². The first-order chi connectivity index (χ1) is 14.7. The van der Waals surface area contributed by atoms with Gasteiger partial charge in [0.25, 0.3) is 0 Å². The molecule has 0 unspecified atom stereocenters. The maximum atomic E-state index is 13.3. The number of alkyl halides is 3. The molecular formula is C26H30F3NO. The Balaban J connectivity index is 1.29. The summed E-state index contributed by atoms with van der Waals surface area (Å²) in [6.45, 7) is 0. The molecule has 166 valence electrons. The lowest BCUT2D eigenvalue weighted by Crippen LogP contribution is -2.48. The predicted molar refractivity (Wildman–Crippen MR) is 115 cm³/mol. The van der Waals surface area contributed by atoms with Gasteiger partial charge in [-0.05, 0) is 111 Å². The maximum absolute atomic E-state index is 13.3. The molecule has 4 bridgehead atoms. The van der Waals surface area contributed by atoms with E-state index < -0.39 is 12.2 Å². The molecule has 4 aliphatic rings. The predicted octanol–water partition coefficient (Wildman–Crippen LogP) is 7.11. The van der Waals surface area contributed by atoms with Crippen LogP contribution in [0.25, 0.3) is 0 Å². The number of benzene rings is 2. The van der Waals surface area contributed by atoms with E-state index in [1.165, 1.54) is 75.2 Å². The van der Waals surface area contributed by atoms with Crippen molar-refractivity contribution in [2.75, 3.05) is 14.1 Å². The third-order valence-electron chi connectivity index (χ3n) is 7.76. The third kappa shape index (κ3) is 3.97. The maximum Gasteiger partial charge on any atom is 0.408 e. The van der Waals surface area contributed by atoms with Crippen LogP contribution in [0.5, 0.6) is 11.5 Å². The van der Waals surface area contributed by atoms with Gasteiger partial charge in [0, 0.05) is 0 Å². The van der Waals surface area contributed by atoms with Crippen LogP contribution >= 0.6 is 0 Å². The number of ether oxygens (including phenoxy) is 1. The lowest BCUT2D eigenvalue weighted by atomic mass is 9.48. The number of rotatable bonds is 5. The average molecular weight is 430 g/mol. The van der Waals surface area contributed by atoms with Gasteiger partial charge in [-0.15, -0.1) is 0 Å². The van der Waals surface area contributed by atoms with Crippen LogP contribution in [0.1, 0.15) is 55.7 Å². The zero-order chi connectivity index (χ0) is 21.8. The number of hydrogen-bond donors (Lipinski definition) is 0. The normalized spacial score (nSPS) is 30.6. The zero-order valence-electron chi connectivity index (χ0n) is 18.2. The fourth-order valence-corrected chi connectivity index (χ4v) is 6.97. The van der Waals surface area contributed by atoms with Crippen molar-refractivity contribution in [1.82, 2.24) is 4.90 Å². The summed E-state index contributed by atoms with van der Waals surface area (Å²) in [4.78, 5) is 1.18. The molecule has 0 saturated heterocycles. The van der Waals surface area contributed by atoms with Crippen LogP contribution < -0.4 is 4.74 Å². The molecule has 0 spiro atoms. The quantitative estimate of drug-likeness (QED) is 0.502. The molecule has 2 nitrogen and oxygen atoms in total. The number of hydrogen-bond acceptors (Lipinski definition) is 2. The second-order valence-corrected chi connectivity index (χ2v) is 10.3. The molecule has 0 radical (unpaired) electrons. The molecule has 0 heterocycles. The van der Waals surface area contributed by atoms with E-state index in [-0.39, 0.29) is 5.56 Å². The van der Waals surface area contributed by atoms with Gasteiger partial charge in [-0.1, -0.05) is 24.3 Å². The van der Waals surface area contributed by atoms with Crippen molar-refractivity contribution in [3.63, 3.8) is 0 Å². The standard InChI is InChI=1S/C26H30F3NO/c1-30(2)24(26(27,28)29)20-3-7-22(8-4-20)31-23-9-5-21(6-10-23)25-14-17-11-18(15-25)13-19(12-17)16-25/h3-10,17-19,24H,11-16H2,1-2H3/t17?,18?,19?,24-,25?/m0/s1. The van der Waals surface area contributed by atoms with Crippen LogP contribution in [0.3, 0.4) is 0 Å². The van der Waals surface area contributed by atoms with E-state index in [1.807, 2.05) is 12.1 Å². The Morgan fingerprint density at radius 3 is 1.68 bits per heavy atom. The molecule has 0 aliphatic heterocycles. The van der Waals surface area contributed by atoms with Gasteiger partial charge in [-0.25, -0.2) is 0 Å². The third-order valence-corrected chi connectivity index (χ3v) is 7.76. The fraction of sp³-hybridized carbons (Fsp3) is 0.538. The lowest BCUT2D eigenvalue weighted by Gasteiger charge is -2.57. The minimum absolute atomic E-state index is 0.210. The summed E-state index contributed by atoms with van der Waals surface area (Å²) < 4.78 is 46.0. The van der Waals surface area contributed by atoms with Gasteiger partial charge in [-0.2, -0.15) is 13.2 Å². The summed E-state index contributed by atoms with van der Waals surface area (Å²) in [6.07, 6.45) is 3.95. The Morgan fingerprint density at radius 2 is 1.26 bits per heavy atom. The summed E-state index contributed by atoms with van der Waals surface area (Å²) in [7, 11) is 2.88. The highest BCUT2D eigenvalue weighted by molar-refractivity contribution is 5.38. The summed E-state index contributed by atoms with van der Waals surface area (Å²) in [6, 6.07) is 13.1. The first-order valence-electron chi connectivity index (χ1n) is 11.3. The summed E-state index contributed by atoms with van der Waals surface area (Å²) in [5, 5.41) is 0. The van der Waals surface area contributed by atoms with Crippen LogP contribution in [-0.2, 0) is 5.41 Å². The van der Waals surface area contributed by atoms with Crippen molar-refractivity contribution in [1.29, 1.82) is 0 Å². The Hall–Kier alpha value is -2.01. The van der Waals surface area contributed by atoms with Crippen LogP contribution in [-0.4, -0.2) is 25.2 Å². The minimum Gasteiger partial charge on any atom is -0.457 e. The minimum atomic E-state index is -4.32. The monoisotopic (exact) mass is 429 g/mol. The molecule has 4 saturated carbocycles. The van der Waals surface area contributed by atoms with Crippen molar-refractivity contribution >= 4 is 0 Å². The van der Waals surface area contributed by atoms with Gasteiger partial charge in [0.05, 0.1) is 0 Å². The number of nitrogens with zero attached hydrogens (tertiary/aromatic N) is 1. The Morgan fingerprint density at radius 1 is 0.806 bits per heavy atom. The number of halogens is 3. The highest BCUT2D eigenvalue weighted by Gasteiger charge is 2.51. The van der Waals surface area contributed by atoms with Crippen LogP contribution in [0, 0.1) is 17.8 Å². The van der Waals surface area contributed by atoms with Gasteiger partial charge in [0.15, 0.2) is 0 Å². The molecule has 6 rings (SSSR count). The highest BCUT2D eigenvalue weighted by atomic mass is 19.4. The molecule has 2 aromatic carbocycles.